The number of hydrogen-bond donors (Lipinski definition) is 2. The van der Waals surface area contributed by atoms with Crippen molar-refractivity contribution in [2.24, 2.45) is 5.92 Å². The third kappa shape index (κ3) is 2.86. The van der Waals surface area contributed by atoms with Gasteiger partial charge in [-0.05, 0) is 50.9 Å². The van der Waals surface area contributed by atoms with Crippen LogP contribution in [0.3, 0.4) is 0 Å². The smallest absolute Gasteiger partial charge is 0.249 e. The van der Waals surface area contributed by atoms with E-state index in [-0.39, 0.29) is 12.0 Å². The highest BCUT2D eigenvalue weighted by molar-refractivity contribution is 5.80. The number of ether oxygens (including phenoxy) is 1. The molecule has 102 valence electrons. The van der Waals surface area contributed by atoms with Crippen LogP contribution in [0.1, 0.15) is 44.9 Å². The van der Waals surface area contributed by atoms with Crippen molar-refractivity contribution in [3.8, 4) is 0 Å². The molecule has 3 aliphatic rings. The summed E-state index contributed by atoms with van der Waals surface area (Å²) in [5.74, 6) is 0.901. The quantitative estimate of drug-likeness (QED) is 0.790. The van der Waals surface area contributed by atoms with Gasteiger partial charge in [0.05, 0.1) is 0 Å². The molecule has 0 aromatic rings. The molecule has 0 spiro atoms. The Morgan fingerprint density at radius 1 is 1.22 bits per heavy atom. The van der Waals surface area contributed by atoms with Crippen LogP contribution in [0, 0.1) is 5.92 Å². The summed E-state index contributed by atoms with van der Waals surface area (Å²) in [5.41, 5.74) is 0. The standard InChI is InChI=1S/C14H24N2O2/c17-14(13-2-1-7-18-13)15-6-5-10-8-11-3-4-12(9-10)16-11/h10-13,16H,1-9H2,(H,15,17). The predicted molar refractivity (Wildman–Crippen MR) is 69.3 cm³/mol. The van der Waals surface area contributed by atoms with E-state index in [1.807, 2.05) is 0 Å². The molecular formula is C14H24N2O2. The molecule has 0 aromatic heterocycles. The van der Waals surface area contributed by atoms with E-state index in [4.69, 9.17) is 4.74 Å². The van der Waals surface area contributed by atoms with Gasteiger partial charge in [0.25, 0.3) is 0 Å². The van der Waals surface area contributed by atoms with Crippen molar-refractivity contribution < 1.29 is 9.53 Å². The maximum atomic E-state index is 11.8. The van der Waals surface area contributed by atoms with Crippen LogP contribution >= 0.6 is 0 Å². The number of carbonyl (C=O) groups excluding carboxylic acids is 1. The highest BCUT2D eigenvalue weighted by atomic mass is 16.5. The van der Waals surface area contributed by atoms with Crippen LogP contribution in [0.5, 0.6) is 0 Å². The van der Waals surface area contributed by atoms with Crippen LogP contribution < -0.4 is 10.6 Å². The molecule has 3 fully saturated rings. The Hall–Kier alpha value is -0.610. The Kier molecular flexibility index (Phi) is 3.85. The molecule has 0 aliphatic carbocycles. The van der Waals surface area contributed by atoms with Crippen LogP contribution in [0.4, 0.5) is 0 Å². The zero-order chi connectivity index (χ0) is 12.4. The minimum atomic E-state index is -0.172. The second-order valence-corrected chi connectivity index (χ2v) is 6.06. The minimum Gasteiger partial charge on any atom is -0.368 e. The predicted octanol–water partition coefficient (Wildman–Crippen LogP) is 1.20. The molecule has 3 unspecified atom stereocenters. The Bertz CT molecular complexity index is 290. The molecule has 2 N–H and O–H groups in total. The van der Waals surface area contributed by atoms with Gasteiger partial charge in [-0.15, -0.1) is 0 Å². The first-order chi connectivity index (χ1) is 8.81. The summed E-state index contributed by atoms with van der Waals surface area (Å²) >= 11 is 0. The van der Waals surface area contributed by atoms with Gasteiger partial charge in [0, 0.05) is 25.2 Å². The zero-order valence-electron chi connectivity index (χ0n) is 11.0. The van der Waals surface area contributed by atoms with Gasteiger partial charge in [-0.3, -0.25) is 4.79 Å². The summed E-state index contributed by atoms with van der Waals surface area (Å²) < 4.78 is 5.38. The number of carbonyl (C=O) groups is 1. The number of piperidine rings is 1. The van der Waals surface area contributed by atoms with Gasteiger partial charge < -0.3 is 15.4 Å². The third-order valence-electron chi connectivity index (χ3n) is 4.64. The Morgan fingerprint density at radius 3 is 2.67 bits per heavy atom. The monoisotopic (exact) mass is 252 g/mol. The van der Waals surface area contributed by atoms with Gasteiger partial charge in [-0.25, -0.2) is 0 Å². The topological polar surface area (TPSA) is 50.4 Å². The first-order valence-electron chi connectivity index (χ1n) is 7.46. The van der Waals surface area contributed by atoms with Crippen molar-refractivity contribution in [2.45, 2.75) is 63.1 Å². The Labute approximate surface area is 109 Å². The molecule has 3 atom stereocenters. The summed E-state index contributed by atoms with van der Waals surface area (Å²) in [5, 5.41) is 6.69. The van der Waals surface area contributed by atoms with Gasteiger partial charge in [0.1, 0.15) is 6.10 Å². The summed E-state index contributed by atoms with van der Waals surface area (Å²) in [7, 11) is 0. The van der Waals surface area contributed by atoms with Crippen LogP contribution in [-0.4, -0.2) is 37.2 Å². The molecule has 0 radical (unpaired) electrons. The molecule has 4 nitrogen and oxygen atoms in total. The van der Waals surface area contributed by atoms with Gasteiger partial charge >= 0.3 is 0 Å². The second-order valence-electron chi connectivity index (χ2n) is 6.06. The summed E-state index contributed by atoms with van der Waals surface area (Å²) in [6.07, 6.45) is 8.17. The molecule has 18 heavy (non-hydrogen) atoms. The number of amides is 1. The lowest BCUT2D eigenvalue weighted by atomic mass is 9.90. The fourth-order valence-electron chi connectivity index (χ4n) is 3.71. The molecule has 0 saturated carbocycles. The molecule has 3 aliphatic heterocycles. The molecule has 3 heterocycles. The fraction of sp³-hybridized carbons (Fsp3) is 0.929. The van der Waals surface area contributed by atoms with Crippen LogP contribution in [-0.2, 0) is 9.53 Å². The van der Waals surface area contributed by atoms with Gasteiger partial charge in [0.15, 0.2) is 0 Å². The molecule has 4 heteroatoms. The fourth-order valence-corrected chi connectivity index (χ4v) is 3.71. The molecule has 3 rings (SSSR count). The SMILES string of the molecule is O=C(NCCC1CC2CCC(C1)N2)C1CCCO1. The second kappa shape index (κ2) is 5.57. The molecule has 2 bridgehead atoms. The summed E-state index contributed by atoms with van der Waals surface area (Å²) in [6, 6.07) is 1.50. The van der Waals surface area contributed by atoms with Crippen molar-refractivity contribution in [3.05, 3.63) is 0 Å². The lowest BCUT2D eigenvalue weighted by molar-refractivity contribution is -0.130. The minimum absolute atomic E-state index is 0.101. The number of hydrogen-bond acceptors (Lipinski definition) is 3. The maximum absolute atomic E-state index is 11.8. The highest BCUT2D eigenvalue weighted by Gasteiger charge is 2.33. The molecule has 3 saturated heterocycles. The van der Waals surface area contributed by atoms with Gasteiger partial charge in [-0.1, -0.05) is 0 Å². The normalized spacial score (nSPS) is 38.9. The Morgan fingerprint density at radius 2 is 2.00 bits per heavy atom. The molecule has 0 aromatic carbocycles. The third-order valence-corrected chi connectivity index (χ3v) is 4.64. The van der Waals surface area contributed by atoms with Crippen molar-refractivity contribution in [2.75, 3.05) is 13.2 Å². The summed E-state index contributed by atoms with van der Waals surface area (Å²) in [4.78, 5) is 11.8. The average molecular weight is 252 g/mol. The Balaban J connectivity index is 1.35. The van der Waals surface area contributed by atoms with E-state index in [0.29, 0.717) is 0 Å². The first-order valence-corrected chi connectivity index (χ1v) is 7.46. The lowest BCUT2D eigenvalue weighted by Gasteiger charge is -2.29. The zero-order valence-corrected chi connectivity index (χ0v) is 11.0. The van der Waals surface area contributed by atoms with E-state index in [1.54, 1.807) is 0 Å². The summed E-state index contributed by atoms with van der Waals surface area (Å²) in [6.45, 7) is 1.57. The maximum Gasteiger partial charge on any atom is 0.249 e. The first kappa shape index (κ1) is 12.4. The van der Waals surface area contributed by atoms with E-state index in [2.05, 4.69) is 10.6 Å². The number of fused-ring (bicyclic) bond motifs is 2. The van der Waals surface area contributed by atoms with Crippen molar-refractivity contribution in [3.63, 3.8) is 0 Å². The number of nitrogens with one attached hydrogen (secondary N) is 2. The lowest BCUT2D eigenvalue weighted by Crippen LogP contribution is -2.40. The number of rotatable bonds is 4. The van der Waals surface area contributed by atoms with Gasteiger partial charge in [-0.2, -0.15) is 0 Å². The van der Waals surface area contributed by atoms with E-state index in [1.165, 1.54) is 25.7 Å². The molecular weight excluding hydrogens is 228 g/mol. The van der Waals surface area contributed by atoms with Crippen LogP contribution in [0.2, 0.25) is 0 Å². The van der Waals surface area contributed by atoms with Crippen LogP contribution in [0.15, 0.2) is 0 Å². The highest BCUT2D eigenvalue weighted by Crippen LogP contribution is 2.32. The van der Waals surface area contributed by atoms with Crippen molar-refractivity contribution in [1.29, 1.82) is 0 Å². The van der Waals surface area contributed by atoms with E-state index >= 15 is 0 Å². The van der Waals surface area contributed by atoms with E-state index in [9.17, 15) is 4.79 Å². The van der Waals surface area contributed by atoms with E-state index < -0.39 is 0 Å². The van der Waals surface area contributed by atoms with E-state index in [0.717, 1.165) is 50.4 Å². The van der Waals surface area contributed by atoms with Crippen molar-refractivity contribution >= 4 is 5.91 Å². The average Bonchev–Trinajstić information content (AvgIpc) is 2.99. The largest absolute Gasteiger partial charge is 0.368 e. The van der Waals surface area contributed by atoms with Crippen LogP contribution in [0.25, 0.3) is 0 Å². The van der Waals surface area contributed by atoms with Gasteiger partial charge in [0.2, 0.25) is 5.91 Å². The van der Waals surface area contributed by atoms with Crippen molar-refractivity contribution in [1.82, 2.24) is 10.6 Å². The molecule has 1 amide bonds.